The van der Waals surface area contributed by atoms with Crippen molar-refractivity contribution < 1.29 is 5.11 Å². The maximum atomic E-state index is 10.5. The fourth-order valence-electron chi connectivity index (χ4n) is 1.73. The number of rotatable bonds is 5. The normalized spacial score (nSPS) is 13.5. The average molecular weight is 284 g/mol. The summed E-state index contributed by atoms with van der Waals surface area (Å²) in [4.78, 5) is 4.38. The summed E-state index contributed by atoms with van der Waals surface area (Å²) >= 11 is 6.11. The molecule has 1 rings (SSSR count). The molecule has 0 heterocycles. The molecule has 0 saturated carbocycles. The fraction of sp³-hybridized carbons (Fsp3) is 0.500. The Kier molecular flexibility index (Phi) is 6.12. The zero-order chi connectivity index (χ0) is 14.3. The Morgan fingerprint density at radius 3 is 2.37 bits per heavy atom. The van der Waals surface area contributed by atoms with Gasteiger partial charge in [-0.05, 0) is 26.8 Å². The molecule has 1 unspecified atom stereocenters. The van der Waals surface area contributed by atoms with E-state index in [9.17, 15) is 5.11 Å². The van der Waals surface area contributed by atoms with Crippen LogP contribution in [0.2, 0.25) is 5.02 Å². The standard InChI is InChI=1S/C14H22ClN3O/c1-4-16-13(17-5-2)18-10-14(3,19)11-8-6-7-9-12(11)15/h6-9,19H,4-5,10H2,1-3H3,(H2,16,17,18). The number of aliphatic hydroxyl groups is 1. The molecule has 0 spiro atoms. The van der Waals surface area contributed by atoms with Crippen molar-refractivity contribution in [3.8, 4) is 0 Å². The summed E-state index contributed by atoms with van der Waals surface area (Å²) in [6.07, 6.45) is 0. The summed E-state index contributed by atoms with van der Waals surface area (Å²) in [6.45, 7) is 7.51. The third-order valence-corrected chi connectivity index (χ3v) is 3.02. The molecule has 4 nitrogen and oxygen atoms in total. The van der Waals surface area contributed by atoms with Crippen molar-refractivity contribution in [2.24, 2.45) is 4.99 Å². The molecule has 0 fully saturated rings. The van der Waals surface area contributed by atoms with Gasteiger partial charge in [-0.25, -0.2) is 4.99 Å². The molecule has 1 aromatic carbocycles. The lowest BCUT2D eigenvalue weighted by Crippen LogP contribution is -2.38. The van der Waals surface area contributed by atoms with Gasteiger partial charge in [0.25, 0.3) is 0 Å². The molecule has 0 radical (unpaired) electrons. The minimum atomic E-state index is -1.09. The Morgan fingerprint density at radius 1 is 1.26 bits per heavy atom. The number of hydrogen-bond acceptors (Lipinski definition) is 2. The van der Waals surface area contributed by atoms with Gasteiger partial charge in [-0.3, -0.25) is 0 Å². The van der Waals surface area contributed by atoms with Crippen molar-refractivity contribution in [3.63, 3.8) is 0 Å². The van der Waals surface area contributed by atoms with Crippen LogP contribution in [0.3, 0.4) is 0 Å². The molecule has 0 aliphatic heterocycles. The summed E-state index contributed by atoms with van der Waals surface area (Å²) in [6, 6.07) is 7.28. The Balaban J connectivity index is 2.84. The van der Waals surface area contributed by atoms with E-state index < -0.39 is 5.60 Å². The van der Waals surface area contributed by atoms with Gasteiger partial charge in [0, 0.05) is 23.7 Å². The Labute approximate surface area is 119 Å². The molecule has 19 heavy (non-hydrogen) atoms. The lowest BCUT2D eigenvalue weighted by Gasteiger charge is -2.23. The van der Waals surface area contributed by atoms with Crippen LogP contribution in [0.25, 0.3) is 0 Å². The summed E-state index contributed by atoms with van der Waals surface area (Å²) in [5.41, 5.74) is -0.401. The zero-order valence-electron chi connectivity index (χ0n) is 11.7. The van der Waals surface area contributed by atoms with Crippen LogP contribution in [-0.2, 0) is 5.60 Å². The van der Waals surface area contributed by atoms with Crippen molar-refractivity contribution in [2.45, 2.75) is 26.4 Å². The molecule has 1 aromatic rings. The number of halogens is 1. The maximum Gasteiger partial charge on any atom is 0.191 e. The second kappa shape index (κ2) is 7.36. The van der Waals surface area contributed by atoms with Crippen LogP contribution in [0.4, 0.5) is 0 Å². The van der Waals surface area contributed by atoms with Crippen molar-refractivity contribution >= 4 is 17.6 Å². The number of hydrogen-bond donors (Lipinski definition) is 3. The van der Waals surface area contributed by atoms with Gasteiger partial charge in [0.2, 0.25) is 0 Å². The van der Waals surface area contributed by atoms with Gasteiger partial charge >= 0.3 is 0 Å². The largest absolute Gasteiger partial charge is 0.383 e. The second-order valence-electron chi connectivity index (χ2n) is 4.48. The third-order valence-electron chi connectivity index (χ3n) is 2.69. The van der Waals surface area contributed by atoms with Crippen molar-refractivity contribution in [1.82, 2.24) is 10.6 Å². The maximum absolute atomic E-state index is 10.5. The van der Waals surface area contributed by atoms with E-state index in [2.05, 4.69) is 15.6 Å². The van der Waals surface area contributed by atoms with Crippen LogP contribution in [0, 0.1) is 0 Å². The van der Waals surface area contributed by atoms with E-state index >= 15 is 0 Å². The van der Waals surface area contributed by atoms with E-state index in [4.69, 9.17) is 11.6 Å². The van der Waals surface area contributed by atoms with Crippen molar-refractivity contribution in [1.29, 1.82) is 0 Å². The number of aliphatic imine (C=N–C) groups is 1. The third kappa shape index (κ3) is 4.73. The van der Waals surface area contributed by atoms with E-state index in [1.54, 1.807) is 13.0 Å². The van der Waals surface area contributed by atoms with Gasteiger partial charge in [-0.1, -0.05) is 29.8 Å². The van der Waals surface area contributed by atoms with E-state index in [1.165, 1.54) is 0 Å². The van der Waals surface area contributed by atoms with E-state index in [-0.39, 0.29) is 6.54 Å². The molecule has 0 amide bonds. The number of nitrogens with zero attached hydrogens (tertiary/aromatic N) is 1. The molecule has 5 heteroatoms. The highest BCUT2D eigenvalue weighted by Gasteiger charge is 2.25. The Hall–Kier alpha value is -1.26. The Morgan fingerprint density at radius 2 is 1.84 bits per heavy atom. The van der Waals surface area contributed by atoms with Crippen LogP contribution in [-0.4, -0.2) is 30.7 Å². The van der Waals surface area contributed by atoms with Gasteiger partial charge in [0.1, 0.15) is 5.60 Å². The van der Waals surface area contributed by atoms with E-state index in [1.807, 2.05) is 32.0 Å². The van der Waals surface area contributed by atoms with Gasteiger partial charge in [0.15, 0.2) is 5.96 Å². The lowest BCUT2D eigenvalue weighted by atomic mass is 9.96. The molecule has 3 N–H and O–H groups in total. The first kappa shape index (κ1) is 15.8. The molecule has 0 saturated heterocycles. The Bertz CT molecular complexity index is 424. The first-order valence-corrected chi connectivity index (χ1v) is 6.88. The quantitative estimate of drug-likeness (QED) is 0.573. The zero-order valence-corrected chi connectivity index (χ0v) is 12.5. The smallest absolute Gasteiger partial charge is 0.191 e. The average Bonchev–Trinajstić information content (AvgIpc) is 2.37. The fourth-order valence-corrected chi connectivity index (χ4v) is 2.06. The minimum Gasteiger partial charge on any atom is -0.383 e. The van der Waals surface area contributed by atoms with Gasteiger partial charge < -0.3 is 15.7 Å². The molecule has 0 bridgehead atoms. The van der Waals surface area contributed by atoms with Gasteiger partial charge in [0.05, 0.1) is 6.54 Å². The minimum absolute atomic E-state index is 0.242. The van der Waals surface area contributed by atoms with Crippen LogP contribution in [0.5, 0.6) is 0 Å². The lowest BCUT2D eigenvalue weighted by molar-refractivity contribution is 0.0673. The summed E-state index contributed by atoms with van der Waals surface area (Å²) in [7, 11) is 0. The van der Waals surface area contributed by atoms with Gasteiger partial charge in [-0.15, -0.1) is 0 Å². The van der Waals surface area contributed by atoms with Gasteiger partial charge in [-0.2, -0.15) is 0 Å². The highest BCUT2D eigenvalue weighted by Crippen LogP contribution is 2.27. The predicted octanol–water partition coefficient (Wildman–Crippen LogP) is 2.12. The molecule has 106 valence electrons. The van der Waals surface area contributed by atoms with Crippen LogP contribution in [0.15, 0.2) is 29.3 Å². The monoisotopic (exact) mass is 283 g/mol. The highest BCUT2D eigenvalue weighted by atomic mass is 35.5. The predicted molar refractivity (Wildman–Crippen MR) is 80.7 cm³/mol. The van der Waals surface area contributed by atoms with E-state index in [0.29, 0.717) is 16.5 Å². The second-order valence-corrected chi connectivity index (χ2v) is 4.89. The number of nitrogens with one attached hydrogen (secondary N) is 2. The highest BCUT2D eigenvalue weighted by molar-refractivity contribution is 6.31. The van der Waals surface area contributed by atoms with Crippen LogP contribution < -0.4 is 10.6 Å². The summed E-state index contributed by atoms with van der Waals surface area (Å²) in [5.74, 6) is 0.692. The number of benzene rings is 1. The topological polar surface area (TPSA) is 56.7 Å². The van der Waals surface area contributed by atoms with Crippen molar-refractivity contribution in [3.05, 3.63) is 34.9 Å². The SMILES string of the molecule is CCNC(=NCC(C)(O)c1ccccc1Cl)NCC. The molecular weight excluding hydrogens is 262 g/mol. The van der Waals surface area contributed by atoms with Crippen molar-refractivity contribution in [2.75, 3.05) is 19.6 Å². The van der Waals surface area contributed by atoms with E-state index in [0.717, 1.165) is 13.1 Å². The molecular formula is C14H22ClN3O. The first-order valence-electron chi connectivity index (χ1n) is 6.50. The van der Waals surface area contributed by atoms with Crippen LogP contribution in [0.1, 0.15) is 26.3 Å². The molecule has 0 aliphatic carbocycles. The number of guanidine groups is 1. The van der Waals surface area contributed by atoms with Crippen LogP contribution >= 0.6 is 11.6 Å². The first-order chi connectivity index (χ1) is 9.01. The summed E-state index contributed by atoms with van der Waals surface area (Å²) < 4.78 is 0. The molecule has 1 atom stereocenters. The summed E-state index contributed by atoms with van der Waals surface area (Å²) in [5, 5.41) is 17.3. The molecule has 0 aliphatic rings. The molecule has 0 aromatic heterocycles.